The Labute approximate surface area is 111 Å². The molecule has 0 radical (unpaired) electrons. The van der Waals surface area contributed by atoms with E-state index in [2.05, 4.69) is 12.2 Å². The third-order valence-corrected chi connectivity index (χ3v) is 3.56. The predicted octanol–water partition coefficient (Wildman–Crippen LogP) is 3.74. The fraction of sp³-hybridized carbons (Fsp3) is 0.462. The molecule has 1 N–H and O–H groups in total. The average molecular weight is 271 g/mol. The predicted molar refractivity (Wildman–Crippen MR) is 70.4 cm³/mol. The zero-order valence-corrected chi connectivity index (χ0v) is 11.0. The van der Waals surface area contributed by atoms with Crippen molar-refractivity contribution in [3.63, 3.8) is 0 Å². The van der Waals surface area contributed by atoms with E-state index in [-0.39, 0.29) is 11.1 Å². The average Bonchev–Trinajstić information content (AvgIpc) is 2.33. The molecule has 0 saturated carbocycles. The number of nitrogens with zero attached hydrogens (tertiary/aromatic N) is 1. The highest BCUT2D eigenvalue weighted by Crippen LogP contribution is 2.23. The molecule has 1 saturated heterocycles. The summed E-state index contributed by atoms with van der Waals surface area (Å²) in [7, 11) is 0. The molecule has 2 amide bonds. The van der Waals surface area contributed by atoms with Gasteiger partial charge in [0.2, 0.25) is 0 Å². The van der Waals surface area contributed by atoms with Gasteiger partial charge >= 0.3 is 6.03 Å². The summed E-state index contributed by atoms with van der Waals surface area (Å²) in [6, 6.07) is 3.77. The number of anilines is 1. The van der Waals surface area contributed by atoms with Crippen LogP contribution >= 0.6 is 11.6 Å². The zero-order chi connectivity index (χ0) is 13.1. The minimum Gasteiger partial charge on any atom is -0.325 e. The van der Waals surface area contributed by atoms with E-state index in [0.717, 1.165) is 25.9 Å². The highest BCUT2D eigenvalue weighted by atomic mass is 35.5. The summed E-state index contributed by atoms with van der Waals surface area (Å²) >= 11 is 5.86. The van der Waals surface area contributed by atoms with Crippen molar-refractivity contribution in [3.05, 3.63) is 29.0 Å². The topological polar surface area (TPSA) is 32.3 Å². The van der Waals surface area contributed by atoms with Crippen molar-refractivity contribution in [1.82, 2.24) is 4.90 Å². The Morgan fingerprint density at radius 2 is 2.11 bits per heavy atom. The molecule has 1 aliphatic rings. The quantitative estimate of drug-likeness (QED) is 0.828. The van der Waals surface area contributed by atoms with Crippen LogP contribution in [0.15, 0.2) is 18.2 Å². The fourth-order valence-electron chi connectivity index (χ4n) is 2.00. The minimum absolute atomic E-state index is 0.171. The zero-order valence-electron chi connectivity index (χ0n) is 10.2. The monoisotopic (exact) mass is 270 g/mol. The number of rotatable bonds is 1. The second kappa shape index (κ2) is 5.57. The Morgan fingerprint density at radius 1 is 1.44 bits per heavy atom. The highest BCUT2D eigenvalue weighted by Gasteiger charge is 2.20. The van der Waals surface area contributed by atoms with Crippen molar-refractivity contribution < 1.29 is 9.18 Å². The van der Waals surface area contributed by atoms with Gasteiger partial charge < -0.3 is 10.2 Å². The van der Waals surface area contributed by atoms with E-state index in [0.29, 0.717) is 11.6 Å². The van der Waals surface area contributed by atoms with Crippen LogP contribution in [0.4, 0.5) is 14.9 Å². The first-order valence-electron chi connectivity index (χ1n) is 6.07. The molecule has 98 valence electrons. The largest absolute Gasteiger partial charge is 0.325 e. The third-order valence-electron chi connectivity index (χ3n) is 3.24. The van der Waals surface area contributed by atoms with E-state index < -0.39 is 5.82 Å². The molecular weight excluding hydrogens is 255 g/mol. The van der Waals surface area contributed by atoms with Crippen LogP contribution in [-0.4, -0.2) is 24.0 Å². The molecule has 1 aliphatic heterocycles. The van der Waals surface area contributed by atoms with Crippen molar-refractivity contribution in [3.8, 4) is 0 Å². The second-order valence-corrected chi connectivity index (χ2v) is 5.13. The van der Waals surface area contributed by atoms with Crippen molar-refractivity contribution in [1.29, 1.82) is 0 Å². The number of urea groups is 1. The lowest BCUT2D eigenvalue weighted by Crippen LogP contribution is -2.40. The smallest absolute Gasteiger partial charge is 0.321 e. The summed E-state index contributed by atoms with van der Waals surface area (Å²) in [5, 5.41) is 2.93. The molecule has 5 heteroatoms. The number of hydrogen-bond donors (Lipinski definition) is 1. The van der Waals surface area contributed by atoms with E-state index in [4.69, 9.17) is 11.6 Å². The molecule has 1 heterocycles. The second-order valence-electron chi connectivity index (χ2n) is 4.72. The maximum Gasteiger partial charge on any atom is 0.321 e. The summed E-state index contributed by atoms with van der Waals surface area (Å²) in [4.78, 5) is 13.7. The van der Waals surface area contributed by atoms with Crippen molar-refractivity contribution in [2.75, 3.05) is 18.4 Å². The molecular formula is C13H16ClFN2O. The van der Waals surface area contributed by atoms with Crippen LogP contribution in [0.25, 0.3) is 0 Å². The molecule has 0 bridgehead atoms. The molecule has 3 nitrogen and oxygen atoms in total. The Morgan fingerprint density at radius 3 is 2.72 bits per heavy atom. The number of carbonyl (C=O) groups excluding carboxylic acids is 1. The van der Waals surface area contributed by atoms with Gasteiger partial charge in [-0.05, 0) is 37.0 Å². The molecule has 0 atom stereocenters. The standard InChI is InChI=1S/C13H16ClFN2O/c1-9-4-6-17(7-5-9)13(18)16-12-3-2-10(15)8-11(12)14/h2-3,8-9H,4-7H2,1H3,(H,16,18). The van der Waals surface area contributed by atoms with Crippen molar-refractivity contribution in [2.45, 2.75) is 19.8 Å². The summed E-state index contributed by atoms with van der Waals surface area (Å²) in [5.74, 6) is 0.258. The van der Waals surface area contributed by atoms with Crippen LogP contribution < -0.4 is 5.32 Å². The molecule has 0 aromatic heterocycles. The lowest BCUT2D eigenvalue weighted by molar-refractivity contribution is 0.186. The molecule has 1 aromatic carbocycles. The SMILES string of the molecule is CC1CCN(C(=O)Nc2ccc(F)cc2Cl)CC1. The fourth-order valence-corrected chi connectivity index (χ4v) is 2.21. The number of amides is 2. The Bertz CT molecular complexity index is 445. The van der Waals surface area contributed by atoms with E-state index in [1.165, 1.54) is 18.2 Å². The summed E-state index contributed by atoms with van der Waals surface area (Å²) < 4.78 is 12.9. The molecule has 1 aromatic rings. The van der Waals surface area contributed by atoms with E-state index in [1.54, 1.807) is 4.90 Å². The lowest BCUT2D eigenvalue weighted by atomic mass is 10.00. The molecule has 0 aliphatic carbocycles. The van der Waals surface area contributed by atoms with Gasteiger partial charge in [0.05, 0.1) is 10.7 Å². The molecule has 18 heavy (non-hydrogen) atoms. The van der Waals surface area contributed by atoms with Crippen LogP contribution in [0.3, 0.4) is 0 Å². The lowest BCUT2D eigenvalue weighted by Gasteiger charge is -2.30. The van der Waals surface area contributed by atoms with Crippen LogP contribution in [0.5, 0.6) is 0 Å². The van der Waals surface area contributed by atoms with Crippen LogP contribution in [0.2, 0.25) is 5.02 Å². The van der Waals surface area contributed by atoms with Gasteiger partial charge in [0.1, 0.15) is 5.82 Å². The van der Waals surface area contributed by atoms with Gasteiger partial charge in [-0.2, -0.15) is 0 Å². The van der Waals surface area contributed by atoms with Gasteiger partial charge in [-0.3, -0.25) is 0 Å². The maximum absolute atomic E-state index is 12.9. The Hall–Kier alpha value is -1.29. The Kier molecular flexibility index (Phi) is 4.07. The van der Waals surface area contributed by atoms with Gasteiger partial charge in [-0.15, -0.1) is 0 Å². The van der Waals surface area contributed by atoms with Gasteiger partial charge in [0.15, 0.2) is 0 Å². The van der Waals surface area contributed by atoms with Gasteiger partial charge in [-0.25, -0.2) is 9.18 Å². The molecule has 1 fully saturated rings. The van der Waals surface area contributed by atoms with Gasteiger partial charge in [0.25, 0.3) is 0 Å². The molecule has 0 spiro atoms. The normalized spacial score (nSPS) is 16.7. The number of hydrogen-bond acceptors (Lipinski definition) is 1. The van der Waals surface area contributed by atoms with Crippen molar-refractivity contribution >= 4 is 23.3 Å². The first-order valence-corrected chi connectivity index (χ1v) is 6.45. The van der Waals surface area contributed by atoms with Gasteiger partial charge in [-0.1, -0.05) is 18.5 Å². The summed E-state index contributed by atoms with van der Waals surface area (Å²) in [6.45, 7) is 3.70. The summed E-state index contributed by atoms with van der Waals surface area (Å²) in [6.07, 6.45) is 2.04. The van der Waals surface area contributed by atoms with E-state index in [9.17, 15) is 9.18 Å². The number of likely N-dealkylation sites (tertiary alicyclic amines) is 1. The van der Waals surface area contributed by atoms with E-state index in [1.807, 2.05) is 0 Å². The number of benzene rings is 1. The number of halogens is 2. The highest BCUT2D eigenvalue weighted by molar-refractivity contribution is 6.33. The number of piperidine rings is 1. The van der Waals surface area contributed by atoms with Crippen LogP contribution in [-0.2, 0) is 0 Å². The third kappa shape index (κ3) is 3.13. The van der Waals surface area contributed by atoms with Crippen LogP contribution in [0.1, 0.15) is 19.8 Å². The first kappa shape index (κ1) is 13.1. The van der Waals surface area contributed by atoms with Crippen LogP contribution in [0, 0.1) is 11.7 Å². The summed E-state index contributed by atoms with van der Waals surface area (Å²) in [5.41, 5.74) is 0.446. The number of nitrogens with one attached hydrogen (secondary N) is 1. The maximum atomic E-state index is 12.9. The minimum atomic E-state index is -0.412. The van der Waals surface area contributed by atoms with Crippen molar-refractivity contribution in [2.24, 2.45) is 5.92 Å². The van der Waals surface area contributed by atoms with Gasteiger partial charge in [0, 0.05) is 13.1 Å². The number of carbonyl (C=O) groups is 1. The molecule has 0 unspecified atom stereocenters. The first-order chi connectivity index (χ1) is 8.56. The Balaban J connectivity index is 1.98. The molecule has 2 rings (SSSR count). The van der Waals surface area contributed by atoms with E-state index >= 15 is 0 Å².